The molecule has 0 spiro atoms. The van der Waals surface area contributed by atoms with Gasteiger partial charge in [-0.3, -0.25) is 0 Å². The van der Waals surface area contributed by atoms with Gasteiger partial charge in [-0.15, -0.1) is 0 Å². The van der Waals surface area contributed by atoms with Crippen molar-refractivity contribution < 1.29 is 9.13 Å². The first-order valence-corrected chi connectivity index (χ1v) is 4.35. The van der Waals surface area contributed by atoms with Crippen molar-refractivity contribution in [3.8, 4) is 5.75 Å². The first-order valence-electron chi connectivity index (χ1n) is 3.56. The zero-order valence-electron chi connectivity index (χ0n) is 6.18. The summed E-state index contributed by atoms with van der Waals surface area (Å²) < 4.78 is 18.5. The molecule has 0 fully saturated rings. The van der Waals surface area contributed by atoms with E-state index >= 15 is 0 Å². The molecule has 1 aliphatic rings. The Morgan fingerprint density at radius 3 is 3.08 bits per heavy atom. The molecular weight excluding hydrogens is 225 g/mol. The van der Waals surface area contributed by atoms with E-state index in [0.29, 0.717) is 16.8 Å². The number of rotatable bonds is 0. The van der Waals surface area contributed by atoms with E-state index in [1.54, 1.807) is 6.07 Å². The van der Waals surface area contributed by atoms with E-state index in [1.807, 2.05) is 0 Å². The van der Waals surface area contributed by atoms with Crippen LogP contribution in [0.3, 0.4) is 0 Å². The maximum atomic E-state index is 12.9. The maximum absolute atomic E-state index is 12.9. The van der Waals surface area contributed by atoms with Crippen LogP contribution in [-0.4, -0.2) is 6.61 Å². The van der Waals surface area contributed by atoms with Gasteiger partial charge in [0.15, 0.2) is 0 Å². The molecular formula is C8H7BrFNO. The fraction of sp³-hybridized carbons (Fsp3) is 0.250. The smallest absolute Gasteiger partial charge is 0.141 e. The molecule has 1 aromatic carbocycles. The van der Waals surface area contributed by atoms with Gasteiger partial charge in [0.05, 0.1) is 10.5 Å². The summed E-state index contributed by atoms with van der Waals surface area (Å²) in [4.78, 5) is 0. The van der Waals surface area contributed by atoms with Crippen LogP contribution in [0.25, 0.3) is 0 Å². The third-order valence-corrected chi connectivity index (χ3v) is 2.63. The van der Waals surface area contributed by atoms with Crippen molar-refractivity contribution in [2.24, 2.45) is 5.73 Å². The van der Waals surface area contributed by atoms with E-state index in [-0.39, 0.29) is 11.9 Å². The van der Waals surface area contributed by atoms with Crippen LogP contribution in [-0.2, 0) is 0 Å². The van der Waals surface area contributed by atoms with E-state index in [2.05, 4.69) is 15.9 Å². The Bertz CT molecular complexity index is 329. The minimum Gasteiger partial charge on any atom is -0.490 e. The van der Waals surface area contributed by atoms with Crippen LogP contribution in [0.1, 0.15) is 11.6 Å². The predicted octanol–water partition coefficient (Wildman–Crippen LogP) is 1.98. The second-order valence-electron chi connectivity index (χ2n) is 2.70. The van der Waals surface area contributed by atoms with Crippen molar-refractivity contribution in [2.75, 3.05) is 6.61 Å². The third-order valence-electron chi connectivity index (χ3n) is 1.89. The van der Waals surface area contributed by atoms with E-state index in [1.165, 1.54) is 6.07 Å². The van der Waals surface area contributed by atoms with E-state index in [4.69, 9.17) is 10.5 Å². The summed E-state index contributed by atoms with van der Waals surface area (Å²) in [5.74, 6) is 0.227. The normalized spacial score (nSPS) is 20.4. The van der Waals surface area contributed by atoms with Crippen molar-refractivity contribution >= 4 is 15.9 Å². The van der Waals surface area contributed by atoms with Crippen molar-refractivity contribution in [3.05, 3.63) is 28.0 Å². The summed E-state index contributed by atoms with van der Waals surface area (Å²) in [6, 6.07) is 2.92. The molecule has 4 heteroatoms. The fourth-order valence-corrected chi connectivity index (χ4v) is 1.72. The molecule has 0 aliphatic carbocycles. The van der Waals surface area contributed by atoms with Gasteiger partial charge in [0.25, 0.3) is 0 Å². The summed E-state index contributed by atoms with van der Waals surface area (Å²) in [5.41, 5.74) is 6.56. The Labute approximate surface area is 77.6 Å². The first kappa shape index (κ1) is 8.01. The van der Waals surface area contributed by atoms with E-state index in [9.17, 15) is 4.39 Å². The van der Waals surface area contributed by atoms with Gasteiger partial charge in [-0.1, -0.05) is 6.07 Å². The Kier molecular flexibility index (Phi) is 1.81. The van der Waals surface area contributed by atoms with Gasteiger partial charge in [-0.2, -0.15) is 0 Å². The molecule has 12 heavy (non-hydrogen) atoms. The zero-order chi connectivity index (χ0) is 8.72. The van der Waals surface area contributed by atoms with Crippen LogP contribution in [0.15, 0.2) is 16.6 Å². The Hall–Kier alpha value is -0.610. The topological polar surface area (TPSA) is 35.2 Å². The quantitative estimate of drug-likeness (QED) is 0.742. The Balaban J connectivity index is 2.60. The van der Waals surface area contributed by atoms with Gasteiger partial charge in [-0.05, 0) is 22.0 Å². The largest absolute Gasteiger partial charge is 0.490 e. The minimum atomic E-state index is -0.317. The van der Waals surface area contributed by atoms with Gasteiger partial charge < -0.3 is 10.5 Å². The monoisotopic (exact) mass is 231 g/mol. The molecule has 0 amide bonds. The molecule has 1 heterocycles. The lowest BCUT2D eigenvalue weighted by molar-refractivity contribution is 0.330. The number of halogens is 2. The molecule has 2 N–H and O–H groups in total. The van der Waals surface area contributed by atoms with Crippen LogP contribution in [0.2, 0.25) is 0 Å². The molecule has 0 saturated heterocycles. The lowest BCUT2D eigenvalue weighted by Crippen LogP contribution is -2.10. The molecule has 64 valence electrons. The molecule has 1 atom stereocenters. The number of ether oxygens (including phenoxy) is 1. The summed E-state index contributed by atoms with van der Waals surface area (Å²) in [6.45, 7) is 0.428. The number of benzene rings is 1. The Morgan fingerprint density at radius 2 is 2.33 bits per heavy atom. The summed E-state index contributed by atoms with van der Waals surface area (Å²) >= 11 is 3.10. The maximum Gasteiger partial charge on any atom is 0.141 e. The lowest BCUT2D eigenvalue weighted by atomic mass is 10.1. The van der Waals surface area contributed by atoms with Crippen LogP contribution in [0.4, 0.5) is 4.39 Å². The molecule has 1 unspecified atom stereocenters. The molecule has 0 radical (unpaired) electrons. The number of nitrogens with two attached hydrogens (primary N) is 1. The van der Waals surface area contributed by atoms with Gasteiger partial charge in [0.2, 0.25) is 0 Å². The van der Waals surface area contributed by atoms with Crippen LogP contribution < -0.4 is 10.5 Å². The molecule has 1 aliphatic heterocycles. The molecule has 2 rings (SSSR count). The van der Waals surface area contributed by atoms with Gasteiger partial charge >= 0.3 is 0 Å². The highest BCUT2D eigenvalue weighted by Gasteiger charge is 2.24. The fourth-order valence-electron chi connectivity index (χ4n) is 1.25. The van der Waals surface area contributed by atoms with Crippen molar-refractivity contribution in [2.45, 2.75) is 6.04 Å². The number of hydrogen-bond acceptors (Lipinski definition) is 2. The second kappa shape index (κ2) is 2.71. The first-order chi connectivity index (χ1) is 5.70. The van der Waals surface area contributed by atoms with Crippen molar-refractivity contribution in [1.29, 1.82) is 0 Å². The van der Waals surface area contributed by atoms with Crippen LogP contribution in [0.5, 0.6) is 5.75 Å². The standard InChI is InChI=1S/C8H7BrFNO/c9-7-5(10)2-1-4-6(11)3-12-8(4)7/h1-2,6H,3,11H2. The van der Waals surface area contributed by atoms with Crippen molar-refractivity contribution in [3.63, 3.8) is 0 Å². The lowest BCUT2D eigenvalue weighted by Gasteiger charge is -2.02. The van der Waals surface area contributed by atoms with E-state index < -0.39 is 0 Å². The highest BCUT2D eigenvalue weighted by molar-refractivity contribution is 9.10. The van der Waals surface area contributed by atoms with Gasteiger partial charge in [0.1, 0.15) is 18.2 Å². The average molecular weight is 232 g/mol. The molecule has 0 bridgehead atoms. The van der Waals surface area contributed by atoms with Crippen LogP contribution >= 0.6 is 15.9 Å². The number of fused-ring (bicyclic) bond motifs is 1. The molecule has 0 saturated carbocycles. The predicted molar refractivity (Wildman–Crippen MR) is 46.5 cm³/mol. The van der Waals surface area contributed by atoms with E-state index in [0.717, 1.165) is 5.56 Å². The minimum absolute atomic E-state index is 0.128. The average Bonchev–Trinajstić information content (AvgIpc) is 2.41. The molecule has 0 aromatic heterocycles. The summed E-state index contributed by atoms with van der Waals surface area (Å²) in [5, 5.41) is 0. The zero-order valence-corrected chi connectivity index (χ0v) is 7.77. The third kappa shape index (κ3) is 1.03. The highest BCUT2D eigenvalue weighted by Crippen LogP contribution is 2.38. The second-order valence-corrected chi connectivity index (χ2v) is 3.49. The van der Waals surface area contributed by atoms with Crippen LogP contribution in [0, 0.1) is 5.82 Å². The number of hydrogen-bond donors (Lipinski definition) is 1. The van der Waals surface area contributed by atoms with Crippen molar-refractivity contribution in [1.82, 2.24) is 0 Å². The van der Waals surface area contributed by atoms with Gasteiger partial charge in [0, 0.05) is 5.56 Å². The highest BCUT2D eigenvalue weighted by atomic mass is 79.9. The SMILES string of the molecule is NC1COc2c1ccc(F)c2Br. The molecule has 1 aromatic rings. The Morgan fingerprint density at radius 1 is 1.58 bits per heavy atom. The van der Waals surface area contributed by atoms with Gasteiger partial charge in [-0.25, -0.2) is 4.39 Å². The molecule has 2 nitrogen and oxygen atoms in total. The summed E-state index contributed by atoms with van der Waals surface area (Å²) in [7, 11) is 0. The summed E-state index contributed by atoms with van der Waals surface area (Å²) in [6.07, 6.45) is 0.